The molecule has 6 atom stereocenters. The van der Waals surface area contributed by atoms with Crippen LogP contribution in [0, 0.1) is 5.41 Å². The van der Waals surface area contributed by atoms with Gasteiger partial charge in [0.25, 0.3) is 0 Å². The van der Waals surface area contributed by atoms with Gasteiger partial charge < -0.3 is 24.4 Å². The molecule has 216 valence electrons. The molecule has 4 heterocycles. The van der Waals surface area contributed by atoms with E-state index in [1.165, 1.54) is 6.07 Å². The Bertz CT molecular complexity index is 1090. The fourth-order valence-electron chi connectivity index (χ4n) is 8.05. The molecule has 0 spiro atoms. The van der Waals surface area contributed by atoms with Crippen LogP contribution < -0.4 is 4.90 Å². The van der Waals surface area contributed by atoms with Gasteiger partial charge in [-0.25, -0.2) is 4.98 Å². The number of anilines is 1. The van der Waals surface area contributed by atoms with Crippen LogP contribution in [-0.2, 0) is 20.4 Å². The van der Waals surface area contributed by atoms with E-state index in [4.69, 9.17) is 9.47 Å². The highest BCUT2D eigenvalue weighted by molar-refractivity contribution is 5.86. The molecule has 2 aliphatic carbocycles. The lowest BCUT2D eigenvalue weighted by molar-refractivity contribution is -0.179. The second-order valence-electron chi connectivity index (χ2n) is 12.3. The number of methoxy groups -OCH3 is 1. The van der Waals surface area contributed by atoms with Gasteiger partial charge in [-0.2, -0.15) is 13.2 Å². The molecule has 5 fully saturated rings. The number of piperazine rings is 1. The van der Waals surface area contributed by atoms with Crippen molar-refractivity contribution >= 4 is 11.7 Å². The summed E-state index contributed by atoms with van der Waals surface area (Å²) in [7, 11) is 3.82. The van der Waals surface area contributed by atoms with Crippen molar-refractivity contribution in [2.75, 3.05) is 45.4 Å². The van der Waals surface area contributed by atoms with Gasteiger partial charge in [0.05, 0.1) is 35.8 Å². The van der Waals surface area contributed by atoms with E-state index in [9.17, 15) is 23.1 Å². The third kappa shape index (κ3) is 4.44. The van der Waals surface area contributed by atoms with Gasteiger partial charge in [-0.3, -0.25) is 9.69 Å². The molecule has 5 aliphatic rings. The number of hydrogen-bond donors (Lipinski definition) is 1. The quantitative estimate of drug-likeness (QED) is 0.581. The Morgan fingerprint density at radius 3 is 2.64 bits per heavy atom. The van der Waals surface area contributed by atoms with Crippen molar-refractivity contribution in [1.29, 1.82) is 0 Å². The molecule has 2 saturated carbocycles. The van der Waals surface area contributed by atoms with Gasteiger partial charge in [-0.15, -0.1) is 0 Å². The Morgan fingerprint density at radius 1 is 1.21 bits per heavy atom. The lowest BCUT2D eigenvalue weighted by atomic mass is 9.59. The summed E-state index contributed by atoms with van der Waals surface area (Å²) in [5.74, 6) is 0.337. The molecule has 8 nitrogen and oxygen atoms in total. The predicted octanol–water partition coefficient (Wildman–Crippen LogP) is 3.08. The normalized spacial score (nSPS) is 36.0. The highest BCUT2D eigenvalue weighted by Gasteiger charge is 2.64. The maximum Gasteiger partial charge on any atom is 0.433 e. The van der Waals surface area contributed by atoms with Crippen LogP contribution in [0.1, 0.15) is 57.1 Å². The van der Waals surface area contributed by atoms with Crippen molar-refractivity contribution in [3.8, 4) is 0 Å². The number of nitrogens with zero attached hydrogens (tertiary/aromatic N) is 4. The fourth-order valence-corrected chi connectivity index (χ4v) is 8.05. The van der Waals surface area contributed by atoms with E-state index in [0.29, 0.717) is 64.2 Å². The first-order chi connectivity index (χ1) is 18.6. The summed E-state index contributed by atoms with van der Waals surface area (Å²) < 4.78 is 51.1. The second-order valence-corrected chi connectivity index (χ2v) is 12.3. The van der Waals surface area contributed by atoms with E-state index in [-0.39, 0.29) is 36.2 Å². The number of likely N-dealkylation sites (tertiary alicyclic amines) is 1. The molecule has 1 N–H and O–H groups in total. The third-order valence-electron chi connectivity index (χ3n) is 10.5. The van der Waals surface area contributed by atoms with Gasteiger partial charge in [-0.1, -0.05) is 6.07 Å². The molecule has 0 unspecified atom stereocenters. The number of fused-ring (bicyclic) bond motifs is 2. The van der Waals surface area contributed by atoms with Crippen molar-refractivity contribution < 1.29 is 32.5 Å². The minimum atomic E-state index is -4.50. The van der Waals surface area contributed by atoms with Crippen LogP contribution >= 0.6 is 0 Å². The van der Waals surface area contributed by atoms with Crippen molar-refractivity contribution in [2.24, 2.45) is 5.41 Å². The Kier molecular flexibility index (Phi) is 6.88. The molecular weight excluding hydrogens is 513 g/mol. The first kappa shape index (κ1) is 27.2. The van der Waals surface area contributed by atoms with Crippen molar-refractivity contribution in [2.45, 2.75) is 93.4 Å². The number of halogens is 3. The Labute approximate surface area is 227 Å². The molecule has 6 rings (SSSR count). The van der Waals surface area contributed by atoms with Gasteiger partial charge in [0, 0.05) is 38.9 Å². The van der Waals surface area contributed by atoms with Gasteiger partial charge in [0.1, 0.15) is 11.5 Å². The molecule has 1 aromatic rings. The Morgan fingerprint density at radius 2 is 2.00 bits per heavy atom. The number of aromatic nitrogens is 1. The molecule has 11 heteroatoms. The van der Waals surface area contributed by atoms with Gasteiger partial charge in [0.2, 0.25) is 5.91 Å². The number of likely N-dealkylation sites (N-methyl/N-ethyl adjacent to an activating group) is 1. The van der Waals surface area contributed by atoms with Crippen molar-refractivity contribution in [3.63, 3.8) is 0 Å². The molecule has 39 heavy (non-hydrogen) atoms. The number of alkyl halides is 3. The summed E-state index contributed by atoms with van der Waals surface area (Å²) in [6.07, 6.45) is 1.33. The van der Waals surface area contributed by atoms with Crippen molar-refractivity contribution in [1.82, 2.24) is 14.8 Å². The molecule has 3 aliphatic heterocycles. The van der Waals surface area contributed by atoms with E-state index >= 15 is 0 Å². The zero-order valence-electron chi connectivity index (χ0n) is 22.7. The number of aliphatic hydroxyl groups is 1. The summed E-state index contributed by atoms with van der Waals surface area (Å²) in [6, 6.07) is 4.18. The summed E-state index contributed by atoms with van der Waals surface area (Å²) in [5, 5.41) is 11.8. The van der Waals surface area contributed by atoms with E-state index in [0.717, 1.165) is 25.3 Å². The predicted molar refractivity (Wildman–Crippen MR) is 137 cm³/mol. The number of pyridine rings is 1. The standard InChI is InChI=1S/C28H39F3N4O4/c1-33(21-8-12-39-17-22(21)38-2)18-7-11-26(14-18,27(37)9-4-10-27)25(36)35-16-19-13-20(35)15-34(19)24-6-3-5-23(32-24)28(29,30)31/h3,5-6,18-22,37H,4,7-17H2,1-2H3/t18-,19+,20+,21+,22-,26-/m1/s1. The first-order valence-corrected chi connectivity index (χ1v) is 14.2. The average Bonchev–Trinajstić information content (AvgIpc) is 3.66. The third-order valence-corrected chi connectivity index (χ3v) is 10.5. The fraction of sp³-hybridized carbons (Fsp3) is 0.786. The van der Waals surface area contributed by atoms with E-state index in [2.05, 4.69) is 16.9 Å². The highest BCUT2D eigenvalue weighted by Crippen LogP contribution is 2.57. The number of carbonyl (C=O) groups is 1. The second kappa shape index (κ2) is 9.85. The topological polar surface area (TPSA) is 78.4 Å². The Balaban J connectivity index is 1.19. The largest absolute Gasteiger partial charge is 0.433 e. The maximum absolute atomic E-state index is 14.4. The first-order valence-electron chi connectivity index (χ1n) is 14.2. The minimum absolute atomic E-state index is 0.0222. The molecule has 0 aromatic carbocycles. The van der Waals surface area contributed by atoms with Gasteiger partial charge in [0.15, 0.2) is 0 Å². The number of ether oxygens (including phenoxy) is 2. The number of carbonyl (C=O) groups excluding carboxylic acids is 1. The maximum atomic E-state index is 14.4. The van der Waals surface area contributed by atoms with Crippen LogP contribution in [-0.4, -0.2) is 102 Å². The molecule has 3 saturated heterocycles. The van der Waals surface area contributed by atoms with Crippen LogP contribution in [0.5, 0.6) is 0 Å². The van der Waals surface area contributed by atoms with Gasteiger partial charge >= 0.3 is 6.18 Å². The van der Waals surface area contributed by atoms with Crippen LogP contribution in [0.4, 0.5) is 19.0 Å². The zero-order valence-corrected chi connectivity index (χ0v) is 22.7. The Hall–Kier alpha value is -1.95. The lowest BCUT2D eigenvalue weighted by Gasteiger charge is -2.52. The molecule has 0 radical (unpaired) electrons. The van der Waals surface area contributed by atoms with Crippen molar-refractivity contribution in [3.05, 3.63) is 23.9 Å². The average molecular weight is 553 g/mol. The highest BCUT2D eigenvalue weighted by atomic mass is 19.4. The van der Waals surface area contributed by atoms with E-state index in [1.807, 2.05) is 9.80 Å². The van der Waals surface area contributed by atoms with E-state index < -0.39 is 22.9 Å². The van der Waals surface area contributed by atoms with Gasteiger partial charge in [-0.05, 0) is 70.5 Å². The summed E-state index contributed by atoms with van der Waals surface area (Å²) in [4.78, 5) is 24.5. The van der Waals surface area contributed by atoms with Crippen LogP contribution in [0.2, 0.25) is 0 Å². The summed E-state index contributed by atoms with van der Waals surface area (Å²) in [5.41, 5.74) is -2.73. The minimum Gasteiger partial charge on any atom is -0.389 e. The molecule has 1 aromatic heterocycles. The monoisotopic (exact) mass is 552 g/mol. The number of rotatable bonds is 6. The molecule has 1 amide bonds. The molecular formula is C28H39F3N4O4. The number of hydrogen-bond acceptors (Lipinski definition) is 7. The summed E-state index contributed by atoms with van der Waals surface area (Å²) in [6.45, 7) is 2.15. The smallest absolute Gasteiger partial charge is 0.389 e. The SMILES string of the molecule is CO[C@@H]1COCC[C@@H]1N(C)[C@@H]1CC[C@@](C(=O)N2C[C@@H]3C[C@H]2CN3c2cccc(C(F)(F)F)n2)(C2(O)CCC2)C1. The van der Waals surface area contributed by atoms with Crippen LogP contribution in [0.15, 0.2) is 18.2 Å². The molecule has 2 bridgehead atoms. The van der Waals surface area contributed by atoms with Crippen LogP contribution in [0.3, 0.4) is 0 Å². The lowest BCUT2D eigenvalue weighted by Crippen LogP contribution is -2.63. The summed E-state index contributed by atoms with van der Waals surface area (Å²) >= 11 is 0. The van der Waals surface area contributed by atoms with E-state index in [1.54, 1.807) is 13.2 Å². The zero-order chi connectivity index (χ0) is 27.6. The number of amides is 1. The van der Waals surface area contributed by atoms with Crippen LogP contribution in [0.25, 0.3) is 0 Å².